The lowest BCUT2D eigenvalue weighted by molar-refractivity contribution is 0.384. The fourth-order valence-corrected chi connectivity index (χ4v) is 3.10. The monoisotopic (exact) mass is 273 g/mol. The predicted octanol–water partition coefficient (Wildman–Crippen LogP) is 2.36. The first-order chi connectivity index (χ1) is 9.49. The van der Waals surface area contributed by atoms with E-state index < -0.39 is 0 Å². The average Bonchev–Trinajstić information content (AvgIpc) is 2.87. The Morgan fingerprint density at radius 1 is 1.30 bits per heavy atom. The number of hydrogen-bond donors (Lipinski definition) is 1. The van der Waals surface area contributed by atoms with Crippen LogP contribution in [0.3, 0.4) is 0 Å². The zero-order chi connectivity index (χ0) is 14.4. The van der Waals surface area contributed by atoms with Crippen molar-refractivity contribution >= 4 is 11.0 Å². The van der Waals surface area contributed by atoms with E-state index in [1.54, 1.807) is 6.92 Å². The van der Waals surface area contributed by atoms with Crippen molar-refractivity contribution in [3.63, 3.8) is 0 Å². The molecule has 1 aliphatic rings. The van der Waals surface area contributed by atoms with Crippen LogP contribution < -0.4 is 5.63 Å². The molecule has 1 aliphatic carbocycles. The topological polar surface area (TPSA) is 53.7 Å². The summed E-state index contributed by atoms with van der Waals surface area (Å²) in [5.41, 5.74) is 3.76. The van der Waals surface area contributed by atoms with Gasteiger partial charge in [0.25, 0.3) is 0 Å². The molecule has 2 aromatic rings. The zero-order valence-electron chi connectivity index (χ0n) is 12.1. The maximum absolute atomic E-state index is 12.0. The lowest BCUT2D eigenvalue weighted by Gasteiger charge is -2.15. The van der Waals surface area contributed by atoms with Gasteiger partial charge in [0.05, 0.1) is 0 Å². The molecule has 1 aromatic carbocycles. The van der Waals surface area contributed by atoms with E-state index >= 15 is 0 Å². The number of benzene rings is 1. The molecule has 1 aromatic heterocycles. The van der Waals surface area contributed by atoms with Gasteiger partial charge in [-0.2, -0.15) is 0 Å². The highest BCUT2D eigenvalue weighted by atomic mass is 16.4. The Bertz CT molecular complexity index is 744. The summed E-state index contributed by atoms with van der Waals surface area (Å²) in [4.78, 5) is 14.0. The summed E-state index contributed by atoms with van der Waals surface area (Å²) in [5.74, 6) is 0.229. The van der Waals surface area contributed by atoms with Gasteiger partial charge in [0.2, 0.25) is 0 Å². The number of phenolic OH excluding ortho intramolecular Hbond substituents is 1. The summed E-state index contributed by atoms with van der Waals surface area (Å²) in [6.07, 6.45) is 2.72. The molecule has 0 fully saturated rings. The van der Waals surface area contributed by atoms with E-state index in [1.165, 1.54) is 0 Å². The molecule has 1 heterocycles. The quantitative estimate of drug-likeness (QED) is 0.853. The molecule has 0 radical (unpaired) electrons. The van der Waals surface area contributed by atoms with Crippen LogP contribution in [0.2, 0.25) is 0 Å². The molecule has 0 saturated heterocycles. The minimum Gasteiger partial charge on any atom is -0.507 e. The highest BCUT2D eigenvalue weighted by Gasteiger charge is 2.22. The SMILES string of the molecule is Cc1c(O)c(CN(C)C)cc2c3c(c(=O)oc12)CCC3. The van der Waals surface area contributed by atoms with Gasteiger partial charge in [-0.1, -0.05) is 0 Å². The molecule has 3 rings (SSSR count). The van der Waals surface area contributed by atoms with Crippen molar-refractivity contribution < 1.29 is 9.52 Å². The van der Waals surface area contributed by atoms with E-state index in [9.17, 15) is 9.90 Å². The Morgan fingerprint density at radius 2 is 2.00 bits per heavy atom. The number of aromatic hydroxyl groups is 1. The Hall–Kier alpha value is -1.81. The molecule has 4 nitrogen and oxygen atoms in total. The highest BCUT2D eigenvalue weighted by Crippen LogP contribution is 2.35. The van der Waals surface area contributed by atoms with E-state index in [2.05, 4.69) is 0 Å². The third kappa shape index (κ3) is 1.91. The first kappa shape index (κ1) is 13.2. The molecule has 0 saturated carbocycles. The number of aryl methyl sites for hydroxylation is 2. The maximum Gasteiger partial charge on any atom is 0.339 e. The Balaban J connectivity index is 2.35. The number of phenols is 1. The first-order valence-electron chi connectivity index (χ1n) is 6.93. The van der Waals surface area contributed by atoms with Gasteiger partial charge < -0.3 is 14.4 Å². The molecule has 106 valence electrons. The standard InChI is InChI=1S/C16H19NO3/c1-9-14(18)10(8-17(2)3)7-13-11-5-4-6-12(11)16(19)20-15(9)13/h7,18H,4-6,8H2,1-3H3. The van der Waals surface area contributed by atoms with Gasteiger partial charge in [-0.3, -0.25) is 0 Å². The summed E-state index contributed by atoms with van der Waals surface area (Å²) in [6.45, 7) is 2.47. The minimum atomic E-state index is -0.243. The molecule has 0 bridgehead atoms. The highest BCUT2D eigenvalue weighted by molar-refractivity contribution is 5.87. The maximum atomic E-state index is 12.0. The van der Waals surface area contributed by atoms with Crippen molar-refractivity contribution in [1.29, 1.82) is 0 Å². The van der Waals surface area contributed by atoms with Crippen LogP contribution in [0.4, 0.5) is 0 Å². The van der Waals surface area contributed by atoms with Gasteiger partial charge in [0, 0.05) is 28.6 Å². The van der Waals surface area contributed by atoms with E-state index in [-0.39, 0.29) is 11.4 Å². The Kier molecular flexibility index (Phi) is 3.05. The molecular weight excluding hydrogens is 254 g/mol. The molecular formula is C16H19NO3. The van der Waals surface area contributed by atoms with Crippen molar-refractivity contribution in [3.8, 4) is 5.75 Å². The molecule has 0 spiro atoms. The largest absolute Gasteiger partial charge is 0.507 e. The van der Waals surface area contributed by atoms with Crippen molar-refractivity contribution in [2.45, 2.75) is 32.7 Å². The minimum absolute atomic E-state index is 0.229. The molecule has 0 unspecified atom stereocenters. The van der Waals surface area contributed by atoms with E-state index in [1.807, 2.05) is 25.1 Å². The van der Waals surface area contributed by atoms with Crippen LogP contribution in [0, 0.1) is 6.92 Å². The molecule has 0 amide bonds. The zero-order valence-corrected chi connectivity index (χ0v) is 12.1. The van der Waals surface area contributed by atoms with Crippen LogP contribution in [0.15, 0.2) is 15.3 Å². The fourth-order valence-electron chi connectivity index (χ4n) is 3.10. The van der Waals surface area contributed by atoms with Gasteiger partial charge in [-0.15, -0.1) is 0 Å². The van der Waals surface area contributed by atoms with Gasteiger partial charge in [-0.25, -0.2) is 4.79 Å². The summed E-state index contributed by atoms with van der Waals surface area (Å²) >= 11 is 0. The molecule has 0 aliphatic heterocycles. The van der Waals surface area contributed by atoms with Gasteiger partial charge >= 0.3 is 5.63 Å². The smallest absolute Gasteiger partial charge is 0.339 e. The van der Waals surface area contributed by atoms with Crippen LogP contribution in [-0.4, -0.2) is 24.1 Å². The van der Waals surface area contributed by atoms with E-state index in [0.717, 1.165) is 41.3 Å². The first-order valence-corrected chi connectivity index (χ1v) is 6.93. The lowest BCUT2D eigenvalue weighted by atomic mass is 10.00. The van der Waals surface area contributed by atoms with Gasteiger partial charge in [0.1, 0.15) is 11.3 Å². The van der Waals surface area contributed by atoms with E-state index in [0.29, 0.717) is 17.7 Å². The normalized spacial score (nSPS) is 14.2. The number of rotatable bonds is 2. The second-order valence-corrected chi connectivity index (χ2v) is 5.82. The van der Waals surface area contributed by atoms with Crippen molar-refractivity contribution in [1.82, 2.24) is 4.90 Å². The van der Waals surface area contributed by atoms with Crippen molar-refractivity contribution in [2.24, 2.45) is 0 Å². The Morgan fingerprint density at radius 3 is 2.70 bits per heavy atom. The van der Waals surface area contributed by atoms with Crippen molar-refractivity contribution in [3.05, 3.63) is 38.7 Å². The second-order valence-electron chi connectivity index (χ2n) is 5.82. The number of hydrogen-bond acceptors (Lipinski definition) is 4. The summed E-state index contributed by atoms with van der Waals surface area (Å²) in [7, 11) is 3.93. The summed E-state index contributed by atoms with van der Waals surface area (Å²) in [5, 5.41) is 11.3. The van der Waals surface area contributed by atoms with Crippen LogP contribution in [-0.2, 0) is 19.4 Å². The third-order valence-corrected chi connectivity index (χ3v) is 4.03. The number of fused-ring (bicyclic) bond motifs is 3. The lowest BCUT2D eigenvalue weighted by Crippen LogP contribution is -2.12. The van der Waals surface area contributed by atoms with Crippen LogP contribution in [0.5, 0.6) is 5.75 Å². The van der Waals surface area contributed by atoms with Crippen LogP contribution >= 0.6 is 0 Å². The van der Waals surface area contributed by atoms with Crippen LogP contribution in [0.25, 0.3) is 11.0 Å². The van der Waals surface area contributed by atoms with Crippen molar-refractivity contribution in [2.75, 3.05) is 14.1 Å². The molecule has 1 N–H and O–H groups in total. The Labute approximate surface area is 117 Å². The average molecular weight is 273 g/mol. The van der Waals surface area contributed by atoms with E-state index in [4.69, 9.17) is 4.42 Å². The molecule has 20 heavy (non-hydrogen) atoms. The third-order valence-electron chi connectivity index (χ3n) is 4.03. The predicted molar refractivity (Wildman–Crippen MR) is 78.3 cm³/mol. The molecule has 4 heteroatoms. The number of nitrogens with zero attached hydrogens (tertiary/aromatic N) is 1. The summed E-state index contributed by atoms with van der Waals surface area (Å²) in [6, 6.07) is 1.98. The van der Waals surface area contributed by atoms with Gasteiger partial charge in [-0.05, 0) is 51.9 Å². The molecule has 0 atom stereocenters. The second kappa shape index (κ2) is 4.63. The van der Waals surface area contributed by atoms with Gasteiger partial charge in [0.15, 0.2) is 0 Å². The van der Waals surface area contributed by atoms with Crippen LogP contribution in [0.1, 0.15) is 28.7 Å². The summed E-state index contributed by atoms with van der Waals surface area (Å²) < 4.78 is 5.45. The fraction of sp³-hybridized carbons (Fsp3) is 0.438.